The number of carbonyl (C=O) groups excluding carboxylic acids is 1. The number of rotatable bonds is 5. The van der Waals surface area contributed by atoms with Crippen molar-refractivity contribution >= 4 is 28.4 Å². The molecule has 0 bridgehead atoms. The standard InChI is InChI=1S/C18H17NOS/c1-2-19-12-18(15-10-6-7-11-16(15)19)21-13-17(20)14-8-4-3-5-9-14/h3-12H,2,13H2,1H3. The van der Waals surface area contributed by atoms with Crippen LogP contribution in [0.2, 0.25) is 0 Å². The summed E-state index contributed by atoms with van der Waals surface area (Å²) in [5.41, 5.74) is 2.01. The molecule has 0 radical (unpaired) electrons. The minimum absolute atomic E-state index is 0.175. The van der Waals surface area contributed by atoms with Crippen molar-refractivity contribution in [3.63, 3.8) is 0 Å². The van der Waals surface area contributed by atoms with Crippen LogP contribution >= 0.6 is 11.8 Å². The lowest BCUT2D eigenvalue weighted by Gasteiger charge is -2.00. The lowest BCUT2D eigenvalue weighted by atomic mass is 10.2. The van der Waals surface area contributed by atoms with Gasteiger partial charge in [-0.15, -0.1) is 11.8 Å². The summed E-state index contributed by atoms with van der Waals surface area (Å²) in [6, 6.07) is 17.8. The highest BCUT2D eigenvalue weighted by Gasteiger charge is 2.11. The predicted molar refractivity (Wildman–Crippen MR) is 89.1 cm³/mol. The summed E-state index contributed by atoms with van der Waals surface area (Å²) in [5.74, 6) is 0.649. The third kappa shape index (κ3) is 2.88. The van der Waals surface area contributed by atoms with Gasteiger partial charge in [-0.05, 0) is 13.0 Å². The molecule has 0 fully saturated rings. The highest BCUT2D eigenvalue weighted by molar-refractivity contribution is 8.00. The summed E-state index contributed by atoms with van der Waals surface area (Å²) in [4.78, 5) is 13.4. The number of thioether (sulfide) groups is 1. The van der Waals surface area contributed by atoms with E-state index in [2.05, 4.69) is 35.9 Å². The molecule has 2 aromatic carbocycles. The Balaban J connectivity index is 1.81. The van der Waals surface area contributed by atoms with Crippen LogP contribution in [0.3, 0.4) is 0 Å². The van der Waals surface area contributed by atoms with Crippen LogP contribution in [0.4, 0.5) is 0 Å². The molecular weight excluding hydrogens is 278 g/mol. The molecule has 0 saturated heterocycles. The number of fused-ring (bicyclic) bond motifs is 1. The molecule has 0 saturated carbocycles. The van der Waals surface area contributed by atoms with Gasteiger partial charge in [0.05, 0.1) is 5.75 Å². The zero-order valence-electron chi connectivity index (χ0n) is 12.0. The molecule has 0 amide bonds. The molecule has 3 rings (SSSR count). The first-order valence-corrected chi connectivity index (χ1v) is 8.07. The number of aromatic nitrogens is 1. The predicted octanol–water partition coefficient (Wildman–Crippen LogP) is 4.64. The first kappa shape index (κ1) is 14.0. The Morgan fingerprint density at radius 3 is 2.52 bits per heavy atom. The van der Waals surface area contributed by atoms with Gasteiger partial charge in [-0.25, -0.2) is 0 Å². The van der Waals surface area contributed by atoms with Gasteiger partial charge < -0.3 is 4.57 Å². The van der Waals surface area contributed by atoms with Gasteiger partial charge in [-0.1, -0.05) is 48.5 Å². The molecule has 1 heterocycles. The Labute approximate surface area is 128 Å². The summed E-state index contributed by atoms with van der Waals surface area (Å²) in [6.45, 7) is 3.07. The van der Waals surface area contributed by atoms with Crippen LogP contribution in [0, 0.1) is 0 Å². The van der Waals surface area contributed by atoms with E-state index in [-0.39, 0.29) is 5.78 Å². The van der Waals surface area contributed by atoms with Crippen LogP contribution in [-0.2, 0) is 6.54 Å². The van der Waals surface area contributed by atoms with E-state index in [1.54, 1.807) is 11.8 Å². The molecular formula is C18H17NOS. The van der Waals surface area contributed by atoms with Crippen molar-refractivity contribution in [1.82, 2.24) is 4.57 Å². The Kier molecular flexibility index (Phi) is 4.11. The smallest absolute Gasteiger partial charge is 0.173 e. The number of hydrogen-bond acceptors (Lipinski definition) is 2. The molecule has 3 aromatic rings. The van der Waals surface area contributed by atoms with Gasteiger partial charge in [0, 0.05) is 34.1 Å². The number of Topliss-reactive ketones (excluding diaryl/α,β-unsaturated/α-hetero) is 1. The number of aryl methyl sites for hydroxylation is 1. The number of ketones is 1. The topological polar surface area (TPSA) is 22.0 Å². The first-order valence-electron chi connectivity index (χ1n) is 7.08. The Hall–Kier alpha value is -2.00. The van der Waals surface area contributed by atoms with Gasteiger partial charge in [0.25, 0.3) is 0 Å². The van der Waals surface area contributed by atoms with Crippen LogP contribution < -0.4 is 0 Å². The largest absolute Gasteiger partial charge is 0.347 e. The fourth-order valence-electron chi connectivity index (χ4n) is 2.44. The zero-order chi connectivity index (χ0) is 14.7. The van der Waals surface area contributed by atoms with E-state index >= 15 is 0 Å². The third-order valence-corrected chi connectivity index (χ3v) is 4.59. The Morgan fingerprint density at radius 2 is 1.76 bits per heavy atom. The molecule has 0 aliphatic rings. The molecule has 0 unspecified atom stereocenters. The number of hydrogen-bond donors (Lipinski definition) is 0. The van der Waals surface area contributed by atoms with Gasteiger partial charge in [0.2, 0.25) is 0 Å². The second-order valence-corrected chi connectivity index (χ2v) is 5.89. The zero-order valence-corrected chi connectivity index (χ0v) is 12.8. The quantitative estimate of drug-likeness (QED) is 0.505. The van der Waals surface area contributed by atoms with Crippen LogP contribution in [0.25, 0.3) is 10.9 Å². The fourth-order valence-corrected chi connectivity index (χ4v) is 3.42. The van der Waals surface area contributed by atoms with Gasteiger partial charge >= 0.3 is 0 Å². The van der Waals surface area contributed by atoms with Crippen molar-refractivity contribution in [3.05, 3.63) is 66.4 Å². The molecule has 0 spiro atoms. The lowest BCUT2D eigenvalue weighted by molar-refractivity contribution is 0.102. The van der Waals surface area contributed by atoms with Gasteiger partial charge in [0.1, 0.15) is 0 Å². The van der Waals surface area contributed by atoms with Crippen molar-refractivity contribution in [2.75, 3.05) is 5.75 Å². The van der Waals surface area contributed by atoms with Crippen LogP contribution in [0.15, 0.2) is 65.7 Å². The van der Waals surface area contributed by atoms with E-state index in [9.17, 15) is 4.79 Å². The number of carbonyl (C=O) groups is 1. The van der Waals surface area contributed by atoms with Gasteiger partial charge in [-0.3, -0.25) is 4.79 Å². The van der Waals surface area contributed by atoms with E-state index < -0.39 is 0 Å². The Bertz CT molecular complexity index is 761. The van der Waals surface area contributed by atoms with Crippen LogP contribution in [0.5, 0.6) is 0 Å². The molecule has 0 N–H and O–H groups in total. The molecule has 1 aromatic heterocycles. The van der Waals surface area contributed by atoms with Crippen LogP contribution in [0.1, 0.15) is 17.3 Å². The number of para-hydroxylation sites is 1. The van der Waals surface area contributed by atoms with Crippen molar-refractivity contribution in [2.45, 2.75) is 18.4 Å². The van der Waals surface area contributed by atoms with Crippen molar-refractivity contribution in [1.29, 1.82) is 0 Å². The van der Waals surface area contributed by atoms with E-state index in [1.807, 2.05) is 36.4 Å². The third-order valence-electron chi connectivity index (χ3n) is 3.55. The minimum Gasteiger partial charge on any atom is -0.347 e. The van der Waals surface area contributed by atoms with E-state index in [4.69, 9.17) is 0 Å². The van der Waals surface area contributed by atoms with Crippen molar-refractivity contribution in [3.8, 4) is 0 Å². The lowest BCUT2D eigenvalue weighted by Crippen LogP contribution is -2.01. The molecule has 0 aliphatic carbocycles. The van der Waals surface area contributed by atoms with Crippen molar-refractivity contribution < 1.29 is 4.79 Å². The summed E-state index contributed by atoms with van der Waals surface area (Å²) in [7, 11) is 0. The fraction of sp³-hybridized carbons (Fsp3) is 0.167. The second-order valence-electron chi connectivity index (χ2n) is 4.87. The first-order chi connectivity index (χ1) is 10.3. The van der Waals surface area contributed by atoms with Gasteiger partial charge in [0.15, 0.2) is 5.78 Å². The average molecular weight is 295 g/mol. The maximum Gasteiger partial charge on any atom is 0.173 e. The molecule has 0 aliphatic heterocycles. The second kappa shape index (κ2) is 6.19. The normalized spacial score (nSPS) is 10.9. The molecule has 2 nitrogen and oxygen atoms in total. The molecule has 106 valence electrons. The summed E-state index contributed by atoms with van der Waals surface area (Å²) >= 11 is 1.62. The van der Waals surface area contributed by atoms with Crippen LogP contribution in [-0.4, -0.2) is 16.1 Å². The molecule has 3 heteroatoms. The van der Waals surface area contributed by atoms with E-state index in [1.165, 1.54) is 15.8 Å². The molecule has 0 atom stereocenters. The average Bonchev–Trinajstić information content (AvgIpc) is 2.91. The Morgan fingerprint density at radius 1 is 1.05 bits per heavy atom. The number of benzene rings is 2. The highest BCUT2D eigenvalue weighted by atomic mass is 32.2. The van der Waals surface area contributed by atoms with Gasteiger partial charge in [-0.2, -0.15) is 0 Å². The number of nitrogens with zero attached hydrogens (tertiary/aromatic N) is 1. The highest BCUT2D eigenvalue weighted by Crippen LogP contribution is 2.30. The van der Waals surface area contributed by atoms with E-state index in [0.717, 1.165) is 12.1 Å². The summed E-state index contributed by atoms with van der Waals surface area (Å²) in [5, 5.41) is 1.23. The summed E-state index contributed by atoms with van der Waals surface area (Å²) < 4.78 is 2.23. The minimum atomic E-state index is 0.175. The SMILES string of the molecule is CCn1cc(SCC(=O)c2ccccc2)c2ccccc21. The monoisotopic (exact) mass is 295 g/mol. The molecule has 21 heavy (non-hydrogen) atoms. The maximum atomic E-state index is 12.2. The van der Waals surface area contributed by atoms with E-state index in [0.29, 0.717) is 5.75 Å². The summed E-state index contributed by atoms with van der Waals surface area (Å²) in [6.07, 6.45) is 2.15. The maximum absolute atomic E-state index is 12.2. The van der Waals surface area contributed by atoms with Crippen molar-refractivity contribution in [2.24, 2.45) is 0 Å².